The smallest absolute Gasteiger partial charge is 0.335 e. The average Bonchev–Trinajstić information content (AvgIpc) is 3.12. The predicted octanol–water partition coefficient (Wildman–Crippen LogP) is 6.57. The molecule has 0 unspecified atom stereocenters. The maximum atomic E-state index is 12.9. The van der Waals surface area contributed by atoms with Gasteiger partial charge in [0.1, 0.15) is 6.61 Å². The van der Waals surface area contributed by atoms with E-state index in [1.54, 1.807) is 32.4 Å². The Hall–Kier alpha value is -2.83. The molecule has 3 aromatic carbocycles. The molecule has 0 saturated carbocycles. The lowest BCUT2D eigenvalue weighted by atomic mass is 10.1. The Bertz CT molecular complexity index is 1370. The van der Waals surface area contributed by atoms with Gasteiger partial charge < -0.3 is 14.6 Å². The van der Waals surface area contributed by atoms with Gasteiger partial charge in [0.2, 0.25) is 0 Å². The number of hydrogen-bond acceptors (Lipinski definition) is 6. The molecule has 0 radical (unpaired) electrons. The molecule has 1 aliphatic heterocycles. The summed E-state index contributed by atoms with van der Waals surface area (Å²) >= 11 is 7.08. The van der Waals surface area contributed by atoms with Crippen LogP contribution in [0.25, 0.3) is 6.08 Å². The lowest BCUT2D eigenvalue weighted by Gasteiger charge is -2.13. The molecule has 0 bridgehead atoms. The van der Waals surface area contributed by atoms with Crippen LogP contribution in [0.2, 0.25) is 0 Å². The SMILES string of the molecule is COc1cc(/C=C2\SC(=Nc3ccc(C(=O)O)cc3)N(C)C2=O)c(Br)cc1OCc1ccc(I)cc1. The Balaban J connectivity index is 1.55. The van der Waals surface area contributed by atoms with Gasteiger partial charge in [-0.3, -0.25) is 9.69 Å². The summed E-state index contributed by atoms with van der Waals surface area (Å²) in [5.74, 6) is -0.0634. The lowest BCUT2D eigenvalue weighted by Crippen LogP contribution is -2.23. The third-order valence-electron chi connectivity index (χ3n) is 5.22. The molecule has 3 aromatic rings. The first-order chi connectivity index (χ1) is 17.2. The normalized spacial score (nSPS) is 15.6. The number of likely N-dealkylation sites (N-methyl/N-ethyl adjacent to an activating group) is 1. The summed E-state index contributed by atoms with van der Waals surface area (Å²) in [7, 11) is 3.22. The van der Waals surface area contributed by atoms with Crippen LogP contribution < -0.4 is 9.47 Å². The third kappa shape index (κ3) is 6.11. The molecule has 10 heteroatoms. The summed E-state index contributed by atoms with van der Waals surface area (Å²) < 4.78 is 13.4. The van der Waals surface area contributed by atoms with E-state index >= 15 is 0 Å². The lowest BCUT2D eigenvalue weighted by molar-refractivity contribution is -0.121. The number of carbonyl (C=O) groups is 2. The third-order valence-corrected chi connectivity index (χ3v) is 7.69. The first kappa shape index (κ1) is 26.2. The highest BCUT2D eigenvalue weighted by atomic mass is 127. The van der Waals surface area contributed by atoms with Crippen molar-refractivity contribution < 1.29 is 24.2 Å². The first-order valence-corrected chi connectivity index (χ1v) is 13.3. The number of ether oxygens (including phenoxy) is 2. The molecule has 36 heavy (non-hydrogen) atoms. The zero-order valence-corrected chi connectivity index (χ0v) is 23.8. The first-order valence-electron chi connectivity index (χ1n) is 10.6. The van der Waals surface area contributed by atoms with Crippen LogP contribution in [0.4, 0.5) is 5.69 Å². The Morgan fingerprint density at radius 2 is 1.83 bits per heavy atom. The van der Waals surface area contributed by atoms with Crippen LogP contribution >= 0.6 is 50.3 Å². The number of rotatable bonds is 7. The van der Waals surface area contributed by atoms with Crippen molar-refractivity contribution in [3.8, 4) is 11.5 Å². The summed E-state index contributed by atoms with van der Waals surface area (Å²) in [6.07, 6.45) is 1.77. The highest BCUT2D eigenvalue weighted by Gasteiger charge is 2.30. The van der Waals surface area contributed by atoms with Crippen molar-refractivity contribution in [3.63, 3.8) is 0 Å². The summed E-state index contributed by atoms with van der Waals surface area (Å²) in [4.78, 5) is 30.4. The van der Waals surface area contributed by atoms with Gasteiger partial charge in [-0.2, -0.15) is 0 Å². The van der Waals surface area contributed by atoms with Crippen molar-refractivity contribution >= 4 is 79.1 Å². The average molecular weight is 679 g/mol. The van der Waals surface area contributed by atoms with E-state index < -0.39 is 5.97 Å². The molecule has 0 aromatic heterocycles. The van der Waals surface area contributed by atoms with Gasteiger partial charge in [0.15, 0.2) is 16.7 Å². The van der Waals surface area contributed by atoms with Gasteiger partial charge in [0.25, 0.3) is 5.91 Å². The molecule has 0 atom stereocenters. The number of amides is 1. The van der Waals surface area contributed by atoms with Gasteiger partial charge >= 0.3 is 5.97 Å². The number of halogens is 2. The Kier molecular flexibility index (Phi) is 8.37. The summed E-state index contributed by atoms with van der Waals surface area (Å²) in [6.45, 7) is 0.395. The zero-order chi connectivity index (χ0) is 25.8. The molecule has 1 fully saturated rings. The number of nitrogens with zero attached hydrogens (tertiary/aromatic N) is 2. The highest BCUT2D eigenvalue weighted by Crippen LogP contribution is 2.38. The number of hydrogen-bond donors (Lipinski definition) is 1. The van der Waals surface area contributed by atoms with Crippen molar-refractivity contribution in [2.24, 2.45) is 4.99 Å². The Morgan fingerprint density at radius 1 is 1.14 bits per heavy atom. The van der Waals surface area contributed by atoms with Crippen molar-refractivity contribution in [1.29, 1.82) is 0 Å². The van der Waals surface area contributed by atoms with Crippen molar-refractivity contribution in [1.82, 2.24) is 4.90 Å². The monoisotopic (exact) mass is 678 g/mol. The molecule has 1 aliphatic rings. The number of carboxylic acids is 1. The number of thioether (sulfide) groups is 1. The Labute approximate surface area is 234 Å². The van der Waals surface area contributed by atoms with Crippen LogP contribution in [0, 0.1) is 3.57 Å². The summed E-state index contributed by atoms with van der Waals surface area (Å²) in [5.41, 5.74) is 2.53. The minimum absolute atomic E-state index is 0.174. The van der Waals surface area contributed by atoms with E-state index in [1.807, 2.05) is 36.4 Å². The number of carbonyl (C=O) groups excluding carboxylic acids is 1. The van der Waals surface area contributed by atoms with E-state index in [0.29, 0.717) is 33.9 Å². The van der Waals surface area contributed by atoms with E-state index in [1.165, 1.54) is 28.8 Å². The second kappa shape index (κ2) is 11.5. The maximum absolute atomic E-state index is 12.9. The molecule has 1 amide bonds. The molecule has 184 valence electrons. The van der Waals surface area contributed by atoms with Gasteiger partial charge in [-0.25, -0.2) is 9.79 Å². The number of aromatic carboxylic acids is 1. The minimum Gasteiger partial charge on any atom is -0.493 e. The number of carboxylic acid groups (broad SMARTS) is 1. The molecule has 1 N–H and O–H groups in total. The van der Waals surface area contributed by atoms with Gasteiger partial charge in [-0.1, -0.05) is 28.1 Å². The second-order valence-electron chi connectivity index (χ2n) is 7.66. The fourth-order valence-corrected chi connectivity index (χ4v) is 5.03. The van der Waals surface area contributed by atoms with E-state index in [-0.39, 0.29) is 11.5 Å². The van der Waals surface area contributed by atoms with Crippen LogP contribution in [0.3, 0.4) is 0 Å². The molecule has 0 aliphatic carbocycles. The van der Waals surface area contributed by atoms with E-state index in [4.69, 9.17) is 14.6 Å². The minimum atomic E-state index is -1.01. The van der Waals surface area contributed by atoms with E-state index in [2.05, 4.69) is 43.5 Å². The van der Waals surface area contributed by atoms with Gasteiger partial charge in [-0.05, 0) is 100 Å². The largest absolute Gasteiger partial charge is 0.493 e. The molecular weight excluding hydrogens is 659 g/mol. The molecule has 4 rings (SSSR count). The van der Waals surface area contributed by atoms with Crippen LogP contribution in [0.5, 0.6) is 11.5 Å². The number of amidine groups is 1. The number of benzene rings is 3. The fourth-order valence-electron chi connectivity index (χ4n) is 3.26. The Morgan fingerprint density at radius 3 is 2.47 bits per heavy atom. The topological polar surface area (TPSA) is 88.4 Å². The van der Waals surface area contributed by atoms with Crippen LogP contribution in [0.15, 0.2) is 75.0 Å². The molecule has 0 spiro atoms. The van der Waals surface area contributed by atoms with E-state index in [9.17, 15) is 9.59 Å². The molecular formula is C26H20BrIN2O5S. The van der Waals surface area contributed by atoms with Gasteiger partial charge in [0.05, 0.1) is 23.3 Å². The number of methoxy groups -OCH3 is 1. The molecule has 7 nitrogen and oxygen atoms in total. The van der Waals surface area contributed by atoms with Gasteiger partial charge in [-0.15, -0.1) is 0 Å². The molecule has 1 heterocycles. The maximum Gasteiger partial charge on any atom is 0.335 e. The summed E-state index contributed by atoms with van der Waals surface area (Å²) in [5, 5.41) is 9.55. The van der Waals surface area contributed by atoms with Crippen LogP contribution in [-0.4, -0.2) is 41.2 Å². The zero-order valence-electron chi connectivity index (χ0n) is 19.2. The summed E-state index contributed by atoms with van der Waals surface area (Å²) in [6, 6.07) is 17.9. The quantitative estimate of drug-likeness (QED) is 0.225. The second-order valence-corrected chi connectivity index (χ2v) is 10.8. The van der Waals surface area contributed by atoms with Crippen LogP contribution in [0.1, 0.15) is 21.5 Å². The number of aliphatic imine (C=N–C) groups is 1. The van der Waals surface area contributed by atoms with E-state index in [0.717, 1.165) is 19.2 Å². The van der Waals surface area contributed by atoms with Crippen molar-refractivity contribution in [2.75, 3.05) is 14.2 Å². The molecule has 1 saturated heterocycles. The van der Waals surface area contributed by atoms with Gasteiger partial charge in [0, 0.05) is 15.1 Å². The standard InChI is InChI=1S/C26H20BrIN2O5S/c1-30-24(31)23(36-26(30)29-19-9-5-16(6-10-19)25(32)33)12-17-11-21(34-2)22(13-20(17)27)35-14-15-3-7-18(28)8-4-15/h3-13H,14H2,1-2H3,(H,32,33)/b23-12-,29-26?. The van der Waals surface area contributed by atoms with Crippen LogP contribution in [-0.2, 0) is 11.4 Å². The fraction of sp³-hybridized carbons (Fsp3) is 0.115. The van der Waals surface area contributed by atoms with Crippen molar-refractivity contribution in [2.45, 2.75) is 6.61 Å². The highest BCUT2D eigenvalue weighted by molar-refractivity contribution is 14.1. The van der Waals surface area contributed by atoms with Crippen molar-refractivity contribution in [3.05, 3.63) is 90.3 Å². The predicted molar refractivity (Wildman–Crippen MR) is 153 cm³/mol.